The summed E-state index contributed by atoms with van der Waals surface area (Å²) >= 11 is 2.09. The fraction of sp³-hybridized carbons (Fsp3) is 0.375. The minimum absolute atomic E-state index is 0.149. The van der Waals surface area contributed by atoms with E-state index in [1.165, 1.54) is 10.7 Å². The first kappa shape index (κ1) is 15.5. The van der Waals surface area contributed by atoms with Crippen molar-refractivity contribution >= 4 is 34.0 Å². The van der Waals surface area contributed by atoms with Crippen LogP contribution in [0.5, 0.6) is 0 Å². The summed E-state index contributed by atoms with van der Waals surface area (Å²) in [7, 11) is 1.62. The lowest BCUT2D eigenvalue weighted by Crippen LogP contribution is -2.28. The number of rotatable bonds is 4. The molecule has 0 bridgehead atoms. The second-order valence-corrected chi connectivity index (χ2v) is 6.98. The molecule has 2 aromatic rings. The lowest BCUT2D eigenvalue weighted by molar-refractivity contribution is 0.620. The zero-order valence-corrected chi connectivity index (χ0v) is 14.7. The van der Waals surface area contributed by atoms with Gasteiger partial charge >= 0.3 is 0 Å². The molecule has 1 aromatic heterocycles. The predicted molar refractivity (Wildman–Crippen MR) is 93.1 cm³/mol. The number of anilines is 2. The van der Waals surface area contributed by atoms with Crippen molar-refractivity contribution in [2.45, 2.75) is 19.8 Å². The highest BCUT2D eigenvalue weighted by atomic mass is 127. The zero-order valence-electron chi connectivity index (χ0n) is 12.5. The summed E-state index contributed by atoms with van der Waals surface area (Å²) in [5, 5.41) is 4.10. The Labute approximate surface area is 142 Å². The molecular formula is C16H17FIN3O. The summed E-state index contributed by atoms with van der Waals surface area (Å²) in [5.74, 6) is 0.287. The van der Waals surface area contributed by atoms with Gasteiger partial charge in [0.05, 0.1) is 17.6 Å². The summed E-state index contributed by atoms with van der Waals surface area (Å²) in [4.78, 5) is 14.0. The molecule has 1 saturated carbocycles. The van der Waals surface area contributed by atoms with Gasteiger partial charge in [-0.05, 0) is 66.5 Å². The molecule has 6 heteroatoms. The molecular weight excluding hydrogens is 396 g/mol. The minimum Gasteiger partial charge on any atom is -0.337 e. The minimum atomic E-state index is -0.271. The summed E-state index contributed by atoms with van der Waals surface area (Å²) in [6, 6.07) is 5.17. The van der Waals surface area contributed by atoms with Crippen molar-refractivity contribution in [3.63, 3.8) is 0 Å². The van der Waals surface area contributed by atoms with Gasteiger partial charge in [0.2, 0.25) is 0 Å². The van der Waals surface area contributed by atoms with Crippen LogP contribution in [-0.2, 0) is 7.05 Å². The first-order chi connectivity index (χ1) is 10.5. The van der Waals surface area contributed by atoms with Gasteiger partial charge in [-0.15, -0.1) is 0 Å². The van der Waals surface area contributed by atoms with E-state index in [9.17, 15) is 9.18 Å². The van der Waals surface area contributed by atoms with Gasteiger partial charge in [0.15, 0.2) is 0 Å². The van der Waals surface area contributed by atoms with Crippen molar-refractivity contribution in [1.82, 2.24) is 9.78 Å². The lowest BCUT2D eigenvalue weighted by atomic mass is 10.2. The number of hydrogen-bond donors (Lipinski definition) is 0. The number of halogens is 2. The van der Waals surface area contributed by atoms with E-state index >= 15 is 0 Å². The van der Waals surface area contributed by atoms with Crippen LogP contribution in [0.4, 0.5) is 15.8 Å². The smallest absolute Gasteiger partial charge is 0.271 e. The average molecular weight is 413 g/mol. The standard InChI is InChI=1S/C16H17FIN3O/c1-10-15(8-19-20(2)16(10)22)21(9-11-3-4-11)14-6-5-12(18)7-13(14)17/h5-8,11H,3-4,9H2,1-2H3. The number of hydrogen-bond acceptors (Lipinski definition) is 3. The maximum atomic E-state index is 14.4. The van der Waals surface area contributed by atoms with Gasteiger partial charge in [0.1, 0.15) is 5.82 Å². The van der Waals surface area contributed by atoms with E-state index in [-0.39, 0.29) is 11.4 Å². The van der Waals surface area contributed by atoms with Crippen LogP contribution in [0.3, 0.4) is 0 Å². The Hall–Kier alpha value is -1.44. The molecule has 0 atom stereocenters. The molecule has 1 heterocycles. The van der Waals surface area contributed by atoms with Crippen LogP contribution in [0.25, 0.3) is 0 Å². The third-order valence-corrected chi connectivity index (χ3v) is 4.65. The maximum Gasteiger partial charge on any atom is 0.271 e. The Morgan fingerprint density at radius 3 is 2.77 bits per heavy atom. The fourth-order valence-corrected chi connectivity index (χ4v) is 2.95. The number of nitrogens with zero attached hydrogens (tertiary/aromatic N) is 3. The van der Waals surface area contributed by atoms with E-state index in [4.69, 9.17) is 0 Å². The van der Waals surface area contributed by atoms with Crippen LogP contribution in [0.1, 0.15) is 18.4 Å². The lowest BCUT2D eigenvalue weighted by Gasteiger charge is -2.26. The van der Waals surface area contributed by atoms with Crippen LogP contribution in [0.2, 0.25) is 0 Å². The Kier molecular flexibility index (Phi) is 4.20. The Morgan fingerprint density at radius 2 is 2.14 bits per heavy atom. The predicted octanol–water partition coefficient (Wildman–Crippen LogP) is 3.38. The number of aryl methyl sites for hydroxylation is 1. The summed E-state index contributed by atoms with van der Waals surface area (Å²) in [5.41, 5.74) is 1.64. The van der Waals surface area contributed by atoms with E-state index in [1.807, 2.05) is 11.0 Å². The maximum absolute atomic E-state index is 14.4. The van der Waals surface area contributed by atoms with Crippen LogP contribution in [0.15, 0.2) is 29.2 Å². The molecule has 0 spiro atoms. The van der Waals surface area contributed by atoms with Gasteiger partial charge in [-0.1, -0.05) is 0 Å². The molecule has 1 aliphatic carbocycles. The summed E-state index contributed by atoms with van der Waals surface area (Å²) in [6.45, 7) is 2.48. The second kappa shape index (κ2) is 5.98. The van der Waals surface area contributed by atoms with Crippen molar-refractivity contribution in [3.8, 4) is 0 Å². The van der Waals surface area contributed by atoms with Crippen LogP contribution < -0.4 is 10.5 Å². The van der Waals surface area contributed by atoms with Crippen molar-refractivity contribution in [3.05, 3.63) is 49.7 Å². The van der Waals surface area contributed by atoms with Gasteiger partial charge < -0.3 is 4.90 Å². The zero-order chi connectivity index (χ0) is 15.9. The third-order valence-electron chi connectivity index (χ3n) is 3.98. The molecule has 0 radical (unpaired) electrons. The SMILES string of the molecule is Cc1c(N(CC2CC2)c2ccc(I)cc2F)cnn(C)c1=O. The molecule has 0 N–H and O–H groups in total. The molecule has 0 aliphatic heterocycles. The van der Waals surface area contributed by atoms with Crippen molar-refractivity contribution in [2.75, 3.05) is 11.4 Å². The van der Waals surface area contributed by atoms with Gasteiger partial charge in [0, 0.05) is 22.7 Å². The first-order valence-electron chi connectivity index (χ1n) is 7.23. The van der Waals surface area contributed by atoms with Crippen LogP contribution in [0, 0.1) is 22.2 Å². The monoisotopic (exact) mass is 413 g/mol. The molecule has 3 rings (SSSR count). The Balaban J connectivity index is 2.10. The van der Waals surface area contributed by atoms with Crippen LogP contribution >= 0.6 is 22.6 Å². The summed E-state index contributed by atoms with van der Waals surface area (Å²) in [6.07, 6.45) is 3.95. The van der Waals surface area contributed by atoms with E-state index in [0.717, 1.165) is 16.4 Å². The molecule has 1 aromatic carbocycles. The fourth-order valence-electron chi connectivity index (χ4n) is 2.50. The van der Waals surface area contributed by atoms with Crippen molar-refractivity contribution in [2.24, 2.45) is 13.0 Å². The molecule has 1 aliphatic rings. The van der Waals surface area contributed by atoms with Crippen molar-refractivity contribution < 1.29 is 4.39 Å². The highest BCUT2D eigenvalue weighted by molar-refractivity contribution is 14.1. The van der Waals surface area contributed by atoms with Crippen LogP contribution in [-0.4, -0.2) is 16.3 Å². The molecule has 0 amide bonds. The third kappa shape index (κ3) is 3.02. The molecule has 116 valence electrons. The normalized spacial score (nSPS) is 14.2. The largest absolute Gasteiger partial charge is 0.337 e. The topological polar surface area (TPSA) is 38.1 Å². The highest BCUT2D eigenvalue weighted by Crippen LogP contribution is 2.36. The molecule has 0 unspecified atom stereocenters. The quantitative estimate of drug-likeness (QED) is 0.722. The van der Waals surface area contributed by atoms with E-state index in [0.29, 0.717) is 29.4 Å². The molecule has 4 nitrogen and oxygen atoms in total. The van der Waals surface area contributed by atoms with Gasteiger partial charge in [0.25, 0.3) is 5.56 Å². The Morgan fingerprint density at radius 1 is 1.41 bits per heavy atom. The van der Waals surface area contributed by atoms with Gasteiger partial charge in [-0.3, -0.25) is 4.79 Å². The second-order valence-electron chi connectivity index (χ2n) is 5.73. The van der Waals surface area contributed by atoms with E-state index in [1.54, 1.807) is 26.2 Å². The van der Waals surface area contributed by atoms with E-state index < -0.39 is 0 Å². The molecule has 1 fully saturated rings. The Bertz CT molecular complexity index is 770. The number of aromatic nitrogens is 2. The van der Waals surface area contributed by atoms with Gasteiger partial charge in [-0.2, -0.15) is 5.10 Å². The molecule has 0 saturated heterocycles. The first-order valence-corrected chi connectivity index (χ1v) is 8.30. The van der Waals surface area contributed by atoms with Gasteiger partial charge in [-0.25, -0.2) is 9.07 Å². The summed E-state index contributed by atoms with van der Waals surface area (Å²) < 4.78 is 16.6. The average Bonchev–Trinajstić information content (AvgIpc) is 3.28. The molecule has 22 heavy (non-hydrogen) atoms. The highest BCUT2D eigenvalue weighted by Gasteiger charge is 2.28. The van der Waals surface area contributed by atoms with E-state index in [2.05, 4.69) is 27.7 Å². The van der Waals surface area contributed by atoms with Crippen molar-refractivity contribution in [1.29, 1.82) is 0 Å². The number of benzene rings is 1.